The molecule has 0 saturated carbocycles. The van der Waals surface area contributed by atoms with Crippen LogP contribution in [0.4, 0.5) is 0 Å². The van der Waals surface area contributed by atoms with Crippen molar-refractivity contribution in [3.63, 3.8) is 0 Å². The average molecular weight is 433 g/mol. The Labute approximate surface area is 187 Å². The molecule has 0 spiro atoms. The predicted molar refractivity (Wildman–Crippen MR) is 141 cm³/mol. The standard InChI is InChI=1S/C28H40Si2/c1-18-15-25(29(8,9)10)17-26(16-18)30(11,27-14-12-13-19(2)20(27)3)28-23(6)21(4)22(5)24(28)7/h12-17,23H,1-11H3. The summed E-state index contributed by atoms with van der Waals surface area (Å²) in [6.07, 6.45) is 0. The van der Waals surface area contributed by atoms with Gasteiger partial charge in [-0.15, -0.1) is 0 Å². The van der Waals surface area contributed by atoms with E-state index in [1.165, 1.54) is 22.3 Å². The molecule has 0 nitrogen and oxygen atoms in total. The minimum absolute atomic E-state index is 0.525. The molecule has 2 aromatic carbocycles. The Morgan fingerprint density at radius 3 is 1.87 bits per heavy atom. The zero-order valence-corrected chi connectivity index (χ0v) is 23.0. The first-order chi connectivity index (χ1) is 13.8. The molecule has 0 N–H and O–H groups in total. The van der Waals surface area contributed by atoms with Crippen molar-refractivity contribution < 1.29 is 0 Å². The quantitative estimate of drug-likeness (QED) is 0.505. The minimum Gasteiger partial charge on any atom is -0.0656 e. The number of rotatable bonds is 4. The van der Waals surface area contributed by atoms with Crippen molar-refractivity contribution in [1.82, 2.24) is 0 Å². The van der Waals surface area contributed by atoms with E-state index in [-0.39, 0.29) is 0 Å². The first kappa shape index (κ1) is 23.0. The molecule has 0 heterocycles. The highest BCUT2D eigenvalue weighted by Gasteiger charge is 2.44. The molecule has 160 valence electrons. The average Bonchev–Trinajstić information content (AvgIpc) is 2.85. The zero-order valence-electron chi connectivity index (χ0n) is 21.0. The van der Waals surface area contributed by atoms with Gasteiger partial charge in [-0.05, 0) is 74.5 Å². The van der Waals surface area contributed by atoms with Crippen LogP contribution in [-0.4, -0.2) is 16.1 Å². The summed E-state index contributed by atoms with van der Waals surface area (Å²) in [4.78, 5) is 0. The van der Waals surface area contributed by atoms with E-state index >= 15 is 0 Å². The lowest BCUT2D eigenvalue weighted by Crippen LogP contribution is -2.61. The topological polar surface area (TPSA) is 0 Å². The third kappa shape index (κ3) is 3.63. The molecule has 0 radical (unpaired) electrons. The van der Waals surface area contributed by atoms with Gasteiger partial charge < -0.3 is 0 Å². The van der Waals surface area contributed by atoms with Crippen LogP contribution in [0.15, 0.2) is 58.3 Å². The summed E-state index contributed by atoms with van der Waals surface area (Å²) in [5.74, 6) is 0.525. The lowest BCUT2D eigenvalue weighted by molar-refractivity contribution is 0.850. The van der Waals surface area contributed by atoms with Crippen LogP contribution in [0.2, 0.25) is 26.2 Å². The van der Waals surface area contributed by atoms with Gasteiger partial charge in [0.15, 0.2) is 0 Å². The van der Waals surface area contributed by atoms with Crippen LogP contribution in [0.1, 0.15) is 44.4 Å². The molecule has 0 bridgehead atoms. The van der Waals surface area contributed by atoms with Crippen LogP contribution in [0.3, 0.4) is 0 Å². The molecule has 0 fully saturated rings. The Balaban J connectivity index is 2.42. The van der Waals surface area contributed by atoms with Crippen molar-refractivity contribution in [1.29, 1.82) is 0 Å². The number of aryl methyl sites for hydroxylation is 2. The van der Waals surface area contributed by atoms with Gasteiger partial charge in [0.2, 0.25) is 0 Å². The van der Waals surface area contributed by atoms with E-state index in [1.807, 2.05) is 0 Å². The summed E-state index contributed by atoms with van der Waals surface area (Å²) in [7, 11) is -3.54. The molecule has 1 aliphatic carbocycles. The molecule has 0 aliphatic heterocycles. The number of hydrogen-bond acceptors (Lipinski definition) is 0. The van der Waals surface area contributed by atoms with Crippen molar-refractivity contribution in [2.24, 2.45) is 5.92 Å². The highest BCUT2D eigenvalue weighted by molar-refractivity contribution is 7.07. The summed E-state index contributed by atoms with van der Waals surface area (Å²) in [5, 5.41) is 6.50. The lowest BCUT2D eigenvalue weighted by Gasteiger charge is -2.37. The molecule has 1 aliphatic rings. The molecular weight excluding hydrogens is 392 g/mol. The number of hydrogen-bond donors (Lipinski definition) is 0. The van der Waals surface area contributed by atoms with Gasteiger partial charge in [-0.25, -0.2) is 0 Å². The fourth-order valence-corrected chi connectivity index (χ4v) is 12.1. The first-order valence-electron chi connectivity index (χ1n) is 11.4. The Morgan fingerprint density at radius 1 is 0.733 bits per heavy atom. The second-order valence-corrected chi connectivity index (χ2v) is 19.8. The van der Waals surface area contributed by atoms with Gasteiger partial charge in [-0.1, -0.05) is 96.6 Å². The third-order valence-electron chi connectivity index (χ3n) is 7.84. The maximum absolute atomic E-state index is 2.62. The smallest absolute Gasteiger partial charge is 0.0656 e. The van der Waals surface area contributed by atoms with E-state index in [9.17, 15) is 0 Å². The second kappa shape index (κ2) is 7.80. The third-order valence-corrected chi connectivity index (χ3v) is 14.8. The maximum atomic E-state index is 2.62. The molecule has 2 unspecified atom stereocenters. The SMILES string of the molecule is CC1=C(C)C(C)C([Si](C)(c2cc(C)cc([Si](C)(C)C)c2)c2cccc(C)c2C)=C1C. The van der Waals surface area contributed by atoms with E-state index < -0.39 is 16.1 Å². The molecule has 3 rings (SSSR count). The van der Waals surface area contributed by atoms with Crippen molar-refractivity contribution in [3.05, 3.63) is 75.0 Å². The van der Waals surface area contributed by atoms with Gasteiger partial charge in [-0.3, -0.25) is 0 Å². The highest BCUT2D eigenvalue weighted by Crippen LogP contribution is 2.41. The van der Waals surface area contributed by atoms with Crippen LogP contribution in [-0.2, 0) is 0 Å². The van der Waals surface area contributed by atoms with Gasteiger partial charge in [0.1, 0.15) is 8.07 Å². The molecule has 2 aromatic rings. The molecule has 0 saturated heterocycles. The molecule has 2 heteroatoms. The summed E-state index contributed by atoms with van der Waals surface area (Å²) < 4.78 is 0. The summed E-state index contributed by atoms with van der Waals surface area (Å²) in [6.45, 7) is 26.4. The Kier molecular flexibility index (Phi) is 5.99. The minimum atomic E-state index is -2.14. The van der Waals surface area contributed by atoms with E-state index in [4.69, 9.17) is 0 Å². The normalized spacial score (nSPS) is 19.5. The molecule has 0 amide bonds. The number of allylic oxidation sites excluding steroid dienone is 4. The van der Waals surface area contributed by atoms with Crippen LogP contribution in [0.25, 0.3) is 0 Å². The fourth-order valence-electron chi connectivity index (χ4n) is 5.43. The maximum Gasteiger partial charge on any atom is 0.142 e. The Bertz CT molecular complexity index is 1060. The largest absolute Gasteiger partial charge is 0.142 e. The van der Waals surface area contributed by atoms with E-state index in [0.29, 0.717) is 5.92 Å². The Morgan fingerprint density at radius 2 is 1.33 bits per heavy atom. The predicted octanol–water partition coefficient (Wildman–Crippen LogP) is 6.19. The zero-order chi connectivity index (χ0) is 22.6. The summed E-state index contributed by atoms with van der Waals surface area (Å²) >= 11 is 0. The van der Waals surface area contributed by atoms with Crippen LogP contribution >= 0.6 is 0 Å². The van der Waals surface area contributed by atoms with E-state index in [1.54, 1.807) is 31.9 Å². The van der Waals surface area contributed by atoms with Gasteiger partial charge in [-0.2, -0.15) is 0 Å². The monoisotopic (exact) mass is 432 g/mol. The lowest BCUT2D eigenvalue weighted by atomic mass is 10.1. The van der Waals surface area contributed by atoms with E-state index in [2.05, 4.69) is 111 Å². The molecule has 2 atom stereocenters. The van der Waals surface area contributed by atoms with Crippen LogP contribution in [0, 0.1) is 26.7 Å². The van der Waals surface area contributed by atoms with Crippen molar-refractivity contribution in [2.75, 3.05) is 0 Å². The molecule has 0 aromatic heterocycles. The highest BCUT2D eigenvalue weighted by atomic mass is 28.3. The van der Waals surface area contributed by atoms with Gasteiger partial charge in [0.05, 0.1) is 8.07 Å². The molecule has 30 heavy (non-hydrogen) atoms. The number of benzene rings is 2. The van der Waals surface area contributed by atoms with Crippen LogP contribution < -0.4 is 15.6 Å². The summed E-state index contributed by atoms with van der Waals surface area (Å²) in [6, 6.07) is 14.5. The Hall–Kier alpha value is -1.65. The van der Waals surface area contributed by atoms with Gasteiger partial charge in [0, 0.05) is 0 Å². The molecular formula is C28H40Si2. The second-order valence-electron chi connectivity index (χ2n) is 10.8. The van der Waals surface area contributed by atoms with E-state index in [0.717, 1.165) is 0 Å². The van der Waals surface area contributed by atoms with Gasteiger partial charge in [0.25, 0.3) is 0 Å². The summed E-state index contributed by atoms with van der Waals surface area (Å²) in [5.41, 5.74) is 8.93. The van der Waals surface area contributed by atoms with Gasteiger partial charge >= 0.3 is 0 Å². The first-order valence-corrected chi connectivity index (χ1v) is 17.4. The van der Waals surface area contributed by atoms with Crippen molar-refractivity contribution >= 4 is 31.7 Å². The van der Waals surface area contributed by atoms with Crippen molar-refractivity contribution in [2.45, 2.75) is 74.7 Å². The van der Waals surface area contributed by atoms with Crippen LogP contribution in [0.5, 0.6) is 0 Å². The fraction of sp³-hybridized carbons (Fsp3) is 0.429. The van der Waals surface area contributed by atoms with Crippen molar-refractivity contribution in [3.8, 4) is 0 Å².